The van der Waals surface area contributed by atoms with Crippen LogP contribution in [0.4, 0.5) is 0 Å². The molecular formula is C13H21NO4S. The first-order valence-corrected chi connectivity index (χ1v) is 7.89. The molecule has 0 aliphatic rings. The Balaban J connectivity index is 2.53. The van der Waals surface area contributed by atoms with Crippen molar-refractivity contribution in [1.29, 1.82) is 0 Å². The first-order valence-electron chi connectivity index (χ1n) is 6.24. The predicted octanol–water partition coefficient (Wildman–Crippen LogP) is 1.02. The first-order chi connectivity index (χ1) is 8.96. The fraction of sp³-hybridized carbons (Fsp3) is 0.538. The lowest BCUT2D eigenvalue weighted by molar-refractivity contribution is 0.0799. The minimum atomic E-state index is -3.36. The molecule has 0 aliphatic carbocycles. The van der Waals surface area contributed by atoms with Gasteiger partial charge in [-0.15, -0.1) is 0 Å². The minimum absolute atomic E-state index is 0.0445. The summed E-state index contributed by atoms with van der Waals surface area (Å²) >= 11 is 0. The van der Waals surface area contributed by atoms with Crippen molar-refractivity contribution in [3.8, 4) is 0 Å². The van der Waals surface area contributed by atoms with Crippen LogP contribution in [0.3, 0.4) is 0 Å². The van der Waals surface area contributed by atoms with Crippen LogP contribution in [-0.4, -0.2) is 32.8 Å². The Morgan fingerprint density at radius 2 is 1.84 bits per heavy atom. The van der Waals surface area contributed by atoms with Gasteiger partial charge in [-0.1, -0.05) is 24.3 Å². The minimum Gasteiger partial charge on any atom is -0.392 e. The monoisotopic (exact) mass is 287 g/mol. The van der Waals surface area contributed by atoms with E-state index < -0.39 is 10.0 Å². The van der Waals surface area contributed by atoms with Crippen molar-refractivity contribution >= 4 is 10.0 Å². The second kappa shape index (κ2) is 7.59. The molecule has 2 N–H and O–H groups in total. The summed E-state index contributed by atoms with van der Waals surface area (Å²) in [5.74, 6) is -0.0719. The molecule has 0 spiro atoms. The largest absolute Gasteiger partial charge is 0.392 e. The maximum Gasteiger partial charge on any atom is 0.215 e. The van der Waals surface area contributed by atoms with Gasteiger partial charge in [0.25, 0.3) is 0 Å². The Kier molecular flexibility index (Phi) is 6.44. The van der Waals surface area contributed by atoms with Crippen molar-refractivity contribution in [3.63, 3.8) is 0 Å². The average molecular weight is 287 g/mol. The van der Waals surface area contributed by atoms with E-state index in [0.717, 1.165) is 5.56 Å². The van der Waals surface area contributed by atoms with Crippen LogP contribution in [0.25, 0.3) is 0 Å². The van der Waals surface area contributed by atoms with Gasteiger partial charge in [0.05, 0.1) is 18.5 Å². The lowest BCUT2D eigenvalue weighted by Gasteiger charge is -2.13. The van der Waals surface area contributed by atoms with Crippen LogP contribution in [-0.2, 0) is 27.1 Å². The van der Waals surface area contributed by atoms with Crippen LogP contribution >= 0.6 is 0 Å². The van der Waals surface area contributed by atoms with E-state index in [1.165, 1.54) is 0 Å². The van der Waals surface area contributed by atoms with Gasteiger partial charge in [-0.2, -0.15) is 0 Å². The third-order valence-corrected chi connectivity index (χ3v) is 3.92. The summed E-state index contributed by atoms with van der Waals surface area (Å²) in [6.07, 6.45) is -0.142. The summed E-state index contributed by atoms with van der Waals surface area (Å²) in [6, 6.07) is 6.84. The van der Waals surface area contributed by atoms with Crippen LogP contribution in [0.1, 0.15) is 25.0 Å². The second-order valence-corrected chi connectivity index (χ2v) is 6.15. The summed E-state index contributed by atoms with van der Waals surface area (Å²) < 4.78 is 31.5. The molecule has 1 aromatic rings. The van der Waals surface area contributed by atoms with Crippen LogP contribution in [0.2, 0.25) is 0 Å². The third-order valence-electron chi connectivity index (χ3n) is 2.60. The third kappa shape index (κ3) is 6.15. The van der Waals surface area contributed by atoms with Gasteiger partial charge in [-0.25, -0.2) is 13.1 Å². The summed E-state index contributed by atoms with van der Waals surface area (Å²) in [6.45, 7) is 4.48. The highest BCUT2D eigenvalue weighted by molar-refractivity contribution is 7.88. The van der Waals surface area contributed by atoms with E-state index in [0.29, 0.717) is 12.2 Å². The molecule has 0 saturated carbocycles. The number of aliphatic hydroxyl groups excluding tert-OH is 1. The molecule has 0 radical (unpaired) electrons. The highest BCUT2D eigenvalue weighted by Gasteiger charge is 2.13. The molecule has 1 aromatic carbocycles. The van der Waals surface area contributed by atoms with Gasteiger partial charge in [0, 0.05) is 13.2 Å². The Morgan fingerprint density at radius 3 is 2.37 bits per heavy atom. The van der Waals surface area contributed by atoms with E-state index in [1.807, 2.05) is 13.8 Å². The first kappa shape index (κ1) is 16.1. The number of hydrogen-bond acceptors (Lipinski definition) is 4. The number of ether oxygens (including phenoxy) is 1. The molecule has 0 aromatic heterocycles. The normalized spacial score (nSPS) is 13.4. The number of hydrogen-bond donors (Lipinski definition) is 2. The number of rotatable bonds is 8. The zero-order valence-corrected chi connectivity index (χ0v) is 12.1. The molecule has 0 amide bonds. The van der Waals surface area contributed by atoms with Crippen LogP contribution < -0.4 is 4.72 Å². The van der Waals surface area contributed by atoms with E-state index in [-0.39, 0.29) is 25.0 Å². The Bertz CT molecular complexity index is 470. The van der Waals surface area contributed by atoms with Gasteiger partial charge in [-0.05, 0) is 25.0 Å². The average Bonchev–Trinajstić information content (AvgIpc) is 2.37. The maximum atomic E-state index is 11.8. The molecule has 19 heavy (non-hydrogen) atoms. The standard InChI is InChI=1S/C13H21NO4S/c1-3-18-11(2)8-14-19(16,17)10-13-6-4-12(9-15)5-7-13/h4-7,11,14-15H,3,8-10H2,1-2H3. The van der Waals surface area contributed by atoms with Crippen molar-refractivity contribution < 1.29 is 18.3 Å². The van der Waals surface area contributed by atoms with Crippen molar-refractivity contribution in [3.05, 3.63) is 35.4 Å². The molecule has 0 fully saturated rings. The zero-order valence-electron chi connectivity index (χ0n) is 11.3. The van der Waals surface area contributed by atoms with Gasteiger partial charge in [-0.3, -0.25) is 0 Å². The van der Waals surface area contributed by atoms with E-state index in [9.17, 15) is 8.42 Å². The lowest BCUT2D eigenvalue weighted by Crippen LogP contribution is -2.33. The fourth-order valence-electron chi connectivity index (χ4n) is 1.60. The van der Waals surface area contributed by atoms with Crippen molar-refractivity contribution in [2.45, 2.75) is 32.3 Å². The molecule has 0 bridgehead atoms. The van der Waals surface area contributed by atoms with Gasteiger partial charge < -0.3 is 9.84 Å². The quantitative estimate of drug-likeness (QED) is 0.748. The molecule has 1 rings (SSSR count). The molecule has 5 nitrogen and oxygen atoms in total. The topological polar surface area (TPSA) is 75.6 Å². The molecule has 1 atom stereocenters. The molecule has 1 unspecified atom stereocenters. The highest BCUT2D eigenvalue weighted by atomic mass is 32.2. The summed E-state index contributed by atoms with van der Waals surface area (Å²) in [5, 5.41) is 8.91. The summed E-state index contributed by atoms with van der Waals surface area (Å²) in [4.78, 5) is 0. The van der Waals surface area contributed by atoms with Gasteiger partial charge in [0.2, 0.25) is 10.0 Å². The smallest absolute Gasteiger partial charge is 0.215 e. The van der Waals surface area contributed by atoms with Crippen molar-refractivity contribution in [2.24, 2.45) is 0 Å². The van der Waals surface area contributed by atoms with E-state index in [4.69, 9.17) is 9.84 Å². The number of benzene rings is 1. The predicted molar refractivity (Wildman–Crippen MR) is 74.1 cm³/mol. The fourth-order valence-corrected chi connectivity index (χ4v) is 2.82. The summed E-state index contributed by atoms with van der Waals surface area (Å²) in [7, 11) is -3.36. The van der Waals surface area contributed by atoms with Gasteiger partial charge in [0.15, 0.2) is 0 Å². The van der Waals surface area contributed by atoms with Crippen LogP contribution in [0.15, 0.2) is 24.3 Å². The van der Waals surface area contributed by atoms with Crippen LogP contribution in [0.5, 0.6) is 0 Å². The number of nitrogens with one attached hydrogen (secondary N) is 1. The van der Waals surface area contributed by atoms with E-state index in [1.54, 1.807) is 24.3 Å². The molecule has 108 valence electrons. The van der Waals surface area contributed by atoms with Crippen molar-refractivity contribution in [2.75, 3.05) is 13.2 Å². The highest BCUT2D eigenvalue weighted by Crippen LogP contribution is 2.08. The van der Waals surface area contributed by atoms with Crippen molar-refractivity contribution in [1.82, 2.24) is 4.72 Å². The van der Waals surface area contributed by atoms with Gasteiger partial charge >= 0.3 is 0 Å². The van der Waals surface area contributed by atoms with Gasteiger partial charge in [0.1, 0.15) is 0 Å². The van der Waals surface area contributed by atoms with E-state index >= 15 is 0 Å². The Labute approximate surface area is 114 Å². The Morgan fingerprint density at radius 1 is 1.26 bits per heavy atom. The number of aliphatic hydroxyl groups is 1. The zero-order chi connectivity index (χ0) is 14.3. The molecule has 6 heteroatoms. The SMILES string of the molecule is CCOC(C)CNS(=O)(=O)Cc1ccc(CO)cc1. The van der Waals surface area contributed by atoms with E-state index in [2.05, 4.69) is 4.72 Å². The molecule has 0 heterocycles. The maximum absolute atomic E-state index is 11.8. The molecule has 0 saturated heterocycles. The Hall–Kier alpha value is -0.950. The second-order valence-electron chi connectivity index (χ2n) is 4.35. The van der Waals surface area contributed by atoms with Crippen LogP contribution in [0, 0.1) is 0 Å². The summed E-state index contributed by atoms with van der Waals surface area (Å²) in [5.41, 5.74) is 1.45. The lowest BCUT2D eigenvalue weighted by atomic mass is 10.2. The molecule has 0 aliphatic heterocycles. The number of sulfonamides is 1. The molecular weight excluding hydrogens is 266 g/mol.